The number of pyridine rings is 1. The van der Waals surface area contributed by atoms with Gasteiger partial charge in [-0.15, -0.1) is 0 Å². The third-order valence-electron chi connectivity index (χ3n) is 5.06. The molecule has 2 N–H and O–H groups in total. The SMILES string of the molecule is O=C(NCc1ccnc(-n2cccn2)c1)N[C@H]1C[C@@H]2CCC1C2.[HH].[HH]. The summed E-state index contributed by atoms with van der Waals surface area (Å²) in [6.45, 7) is 0.490. The van der Waals surface area contributed by atoms with E-state index in [0.29, 0.717) is 18.5 Å². The molecule has 2 aromatic rings. The molecular weight excluding hydrogens is 290 g/mol. The second kappa shape index (κ2) is 6.02. The van der Waals surface area contributed by atoms with Gasteiger partial charge in [-0.3, -0.25) is 0 Å². The number of amides is 2. The Morgan fingerprint density at radius 1 is 1.35 bits per heavy atom. The first-order valence-corrected chi connectivity index (χ1v) is 8.27. The molecule has 2 saturated carbocycles. The van der Waals surface area contributed by atoms with E-state index >= 15 is 0 Å². The summed E-state index contributed by atoms with van der Waals surface area (Å²) in [6.07, 6.45) is 10.4. The van der Waals surface area contributed by atoms with E-state index in [1.165, 1.54) is 19.3 Å². The average molecular weight is 315 g/mol. The highest BCUT2D eigenvalue weighted by atomic mass is 16.2. The Morgan fingerprint density at radius 3 is 3.04 bits per heavy atom. The fourth-order valence-electron chi connectivity index (χ4n) is 3.92. The Labute approximate surface area is 138 Å². The van der Waals surface area contributed by atoms with Gasteiger partial charge in [0.1, 0.15) is 0 Å². The Bertz CT molecular complexity index is 694. The van der Waals surface area contributed by atoms with Crippen LogP contribution in [0.4, 0.5) is 4.79 Å². The van der Waals surface area contributed by atoms with Crippen LogP contribution in [0.25, 0.3) is 5.82 Å². The van der Waals surface area contributed by atoms with Crippen LogP contribution in [0.15, 0.2) is 36.8 Å². The first-order chi connectivity index (χ1) is 11.3. The molecule has 0 radical (unpaired) electrons. The van der Waals surface area contributed by atoms with E-state index in [1.807, 2.05) is 24.4 Å². The van der Waals surface area contributed by atoms with Gasteiger partial charge in [0.05, 0.1) is 0 Å². The Morgan fingerprint density at radius 2 is 2.30 bits per heavy atom. The van der Waals surface area contributed by atoms with E-state index in [9.17, 15) is 4.79 Å². The molecule has 124 valence electrons. The van der Waals surface area contributed by atoms with Crippen molar-refractivity contribution in [2.24, 2.45) is 11.8 Å². The lowest BCUT2D eigenvalue weighted by Gasteiger charge is -2.23. The van der Waals surface area contributed by atoms with E-state index in [1.54, 1.807) is 17.1 Å². The van der Waals surface area contributed by atoms with Gasteiger partial charge in [-0.05, 0) is 54.9 Å². The predicted molar refractivity (Wildman–Crippen MR) is 90.2 cm³/mol. The van der Waals surface area contributed by atoms with Crippen LogP contribution in [-0.2, 0) is 6.54 Å². The van der Waals surface area contributed by atoms with Crippen molar-refractivity contribution in [3.8, 4) is 5.82 Å². The Kier molecular flexibility index (Phi) is 3.73. The monoisotopic (exact) mass is 315 g/mol. The molecule has 0 aromatic carbocycles. The van der Waals surface area contributed by atoms with Crippen molar-refractivity contribution in [3.05, 3.63) is 42.4 Å². The number of urea groups is 1. The van der Waals surface area contributed by atoms with Crippen LogP contribution < -0.4 is 10.6 Å². The average Bonchev–Trinajstić information content (AvgIpc) is 3.30. The fraction of sp³-hybridized carbons (Fsp3) is 0.471. The molecule has 2 aromatic heterocycles. The molecule has 23 heavy (non-hydrogen) atoms. The number of fused-ring (bicyclic) bond motifs is 2. The third-order valence-corrected chi connectivity index (χ3v) is 5.06. The lowest BCUT2D eigenvalue weighted by Crippen LogP contribution is -2.44. The van der Waals surface area contributed by atoms with Crippen LogP contribution in [0.3, 0.4) is 0 Å². The molecule has 0 aliphatic heterocycles. The molecule has 2 aliphatic rings. The van der Waals surface area contributed by atoms with Gasteiger partial charge in [-0.1, -0.05) is 6.42 Å². The van der Waals surface area contributed by atoms with Gasteiger partial charge in [0, 0.05) is 34.0 Å². The van der Waals surface area contributed by atoms with Crippen molar-refractivity contribution in [3.63, 3.8) is 0 Å². The zero-order valence-corrected chi connectivity index (χ0v) is 13.0. The van der Waals surface area contributed by atoms with Crippen molar-refractivity contribution >= 4 is 6.03 Å². The maximum atomic E-state index is 12.1. The molecule has 4 rings (SSSR count). The number of aromatic nitrogens is 3. The van der Waals surface area contributed by atoms with Crippen LogP contribution >= 0.6 is 0 Å². The number of nitrogens with one attached hydrogen (secondary N) is 2. The second-order valence-corrected chi connectivity index (χ2v) is 6.58. The molecule has 0 spiro atoms. The summed E-state index contributed by atoms with van der Waals surface area (Å²) < 4.78 is 1.71. The van der Waals surface area contributed by atoms with Crippen LogP contribution in [0.1, 0.15) is 34.1 Å². The van der Waals surface area contributed by atoms with E-state index in [-0.39, 0.29) is 8.88 Å². The summed E-state index contributed by atoms with van der Waals surface area (Å²) in [7, 11) is 0. The third kappa shape index (κ3) is 3.06. The highest BCUT2D eigenvalue weighted by Gasteiger charge is 2.40. The number of hydrogen-bond donors (Lipinski definition) is 2. The summed E-state index contributed by atoms with van der Waals surface area (Å²) in [5, 5.41) is 10.3. The summed E-state index contributed by atoms with van der Waals surface area (Å²) in [5.74, 6) is 2.28. The summed E-state index contributed by atoms with van der Waals surface area (Å²) in [5.41, 5.74) is 1.01. The van der Waals surface area contributed by atoms with Gasteiger partial charge in [0.15, 0.2) is 5.82 Å². The fourth-order valence-corrected chi connectivity index (χ4v) is 3.92. The topological polar surface area (TPSA) is 71.8 Å². The minimum Gasteiger partial charge on any atom is -0.335 e. The molecule has 2 bridgehead atoms. The second-order valence-electron chi connectivity index (χ2n) is 6.58. The first kappa shape index (κ1) is 14.2. The molecule has 6 heteroatoms. The lowest BCUT2D eigenvalue weighted by atomic mass is 9.95. The summed E-state index contributed by atoms with van der Waals surface area (Å²) in [6, 6.07) is 6.00. The number of hydrogen-bond acceptors (Lipinski definition) is 3. The number of rotatable bonds is 4. The molecule has 1 unspecified atom stereocenters. The van der Waals surface area contributed by atoms with E-state index in [2.05, 4.69) is 20.7 Å². The van der Waals surface area contributed by atoms with Crippen molar-refractivity contribution < 1.29 is 7.65 Å². The van der Waals surface area contributed by atoms with Gasteiger partial charge in [0.2, 0.25) is 0 Å². The molecular formula is C17H25N5O. The smallest absolute Gasteiger partial charge is 0.315 e. The number of carbonyl (C=O) groups is 1. The minimum absolute atomic E-state index is 0. The standard InChI is InChI=1S/C17H21N5O.2H2/c23-17(21-15-9-12-2-3-14(15)8-12)19-11-13-4-6-18-16(10-13)22-7-1-5-20-22;;/h1,4-7,10,12,14-15H,2-3,8-9,11H2,(H2,19,21,23);2*1H/t12-,14?,15+;;/m1../s1. The lowest BCUT2D eigenvalue weighted by molar-refractivity contribution is 0.230. The number of carbonyl (C=O) groups excluding carboxylic acids is 1. The van der Waals surface area contributed by atoms with E-state index < -0.39 is 0 Å². The maximum absolute atomic E-state index is 12.1. The molecule has 2 heterocycles. The minimum atomic E-state index is -0.0694. The zero-order valence-electron chi connectivity index (χ0n) is 13.0. The summed E-state index contributed by atoms with van der Waals surface area (Å²) in [4.78, 5) is 16.4. The van der Waals surface area contributed by atoms with Gasteiger partial charge in [0.25, 0.3) is 0 Å². The quantitative estimate of drug-likeness (QED) is 0.911. The largest absolute Gasteiger partial charge is 0.335 e. The Hall–Kier alpha value is -2.37. The van der Waals surface area contributed by atoms with Crippen molar-refractivity contribution in [2.45, 2.75) is 38.3 Å². The van der Waals surface area contributed by atoms with Crippen LogP contribution in [0.2, 0.25) is 0 Å². The molecule has 2 amide bonds. The summed E-state index contributed by atoms with van der Waals surface area (Å²) >= 11 is 0. The molecule has 2 fully saturated rings. The molecule has 2 aliphatic carbocycles. The molecule has 3 atom stereocenters. The molecule has 6 nitrogen and oxygen atoms in total. The van der Waals surface area contributed by atoms with E-state index in [0.717, 1.165) is 23.7 Å². The van der Waals surface area contributed by atoms with Crippen LogP contribution in [-0.4, -0.2) is 26.8 Å². The van der Waals surface area contributed by atoms with Crippen molar-refractivity contribution in [2.75, 3.05) is 0 Å². The van der Waals surface area contributed by atoms with Crippen LogP contribution in [0.5, 0.6) is 0 Å². The van der Waals surface area contributed by atoms with E-state index in [4.69, 9.17) is 0 Å². The Balaban J connectivity index is 0.00000113. The van der Waals surface area contributed by atoms with Crippen molar-refractivity contribution in [1.29, 1.82) is 0 Å². The predicted octanol–water partition coefficient (Wildman–Crippen LogP) is 2.75. The van der Waals surface area contributed by atoms with Gasteiger partial charge < -0.3 is 10.6 Å². The van der Waals surface area contributed by atoms with Crippen LogP contribution in [0, 0.1) is 11.8 Å². The maximum Gasteiger partial charge on any atom is 0.315 e. The van der Waals surface area contributed by atoms with Crippen molar-refractivity contribution in [1.82, 2.24) is 25.4 Å². The molecule has 0 saturated heterocycles. The normalized spacial score (nSPS) is 25.5. The number of nitrogens with zero attached hydrogens (tertiary/aromatic N) is 3. The highest BCUT2D eigenvalue weighted by Crippen LogP contribution is 2.44. The van der Waals surface area contributed by atoms with Gasteiger partial charge >= 0.3 is 6.03 Å². The zero-order chi connectivity index (χ0) is 15.6. The van der Waals surface area contributed by atoms with Gasteiger partial charge in [-0.2, -0.15) is 5.10 Å². The van der Waals surface area contributed by atoms with Gasteiger partial charge in [-0.25, -0.2) is 14.5 Å². The first-order valence-electron chi connectivity index (χ1n) is 8.27. The highest BCUT2D eigenvalue weighted by molar-refractivity contribution is 5.74.